The molecule has 1 amide bonds. The van der Waals surface area contributed by atoms with Gasteiger partial charge in [0.05, 0.1) is 0 Å². The van der Waals surface area contributed by atoms with Gasteiger partial charge in [0.1, 0.15) is 5.60 Å². The minimum absolute atomic E-state index is 0.179. The van der Waals surface area contributed by atoms with Gasteiger partial charge >= 0.3 is 6.09 Å². The van der Waals surface area contributed by atoms with E-state index in [-0.39, 0.29) is 6.09 Å². The molecular formula is C27H31NO2S. The molecular weight excluding hydrogens is 402 g/mol. The van der Waals surface area contributed by atoms with Crippen molar-refractivity contribution in [2.45, 2.75) is 44.1 Å². The highest BCUT2D eigenvalue weighted by Gasteiger charge is 2.26. The van der Waals surface area contributed by atoms with Crippen LogP contribution in [0.1, 0.15) is 33.6 Å². The summed E-state index contributed by atoms with van der Waals surface area (Å²) in [4.78, 5) is 15.5. The summed E-state index contributed by atoms with van der Waals surface area (Å²) < 4.78 is 5.51. The maximum atomic E-state index is 12.3. The zero-order valence-electron chi connectivity index (χ0n) is 18.6. The number of carbonyl (C=O) groups excluding carboxylic acids is 1. The molecule has 0 aliphatic carbocycles. The average molecular weight is 434 g/mol. The van der Waals surface area contributed by atoms with Crippen molar-refractivity contribution in [1.82, 2.24) is 4.90 Å². The molecule has 4 rings (SSSR count). The Morgan fingerprint density at radius 1 is 0.968 bits per heavy atom. The number of likely N-dealkylation sites (tertiary alicyclic amines) is 1. The third-order valence-corrected chi connectivity index (χ3v) is 6.99. The molecule has 0 radical (unpaired) electrons. The van der Waals surface area contributed by atoms with Crippen molar-refractivity contribution < 1.29 is 9.53 Å². The number of hydrogen-bond donors (Lipinski definition) is 0. The van der Waals surface area contributed by atoms with E-state index in [1.54, 1.807) is 0 Å². The predicted molar refractivity (Wildman–Crippen MR) is 131 cm³/mol. The first-order valence-corrected chi connectivity index (χ1v) is 12.1. The van der Waals surface area contributed by atoms with Gasteiger partial charge in [-0.3, -0.25) is 0 Å². The molecule has 1 aliphatic heterocycles. The molecule has 3 aromatic carbocycles. The molecule has 1 aliphatic rings. The Labute approximate surface area is 189 Å². The lowest BCUT2D eigenvalue weighted by atomic mass is 9.99. The third-order valence-electron chi connectivity index (χ3n) is 5.69. The number of nitrogens with zero attached hydrogens (tertiary/aromatic N) is 1. The zero-order chi connectivity index (χ0) is 21.8. The second-order valence-corrected chi connectivity index (χ2v) is 10.3. The second-order valence-electron chi connectivity index (χ2n) is 9.28. The summed E-state index contributed by atoms with van der Waals surface area (Å²) in [7, 11) is 0. The Bertz CT molecular complexity index is 1030. The molecule has 31 heavy (non-hydrogen) atoms. The Kier molecular flexibility index (Phi) is 6.57. The molecule has 0 bridgehead atoms. The fraction of sp³-hybridized carbons (Fsp3) is 0.370. The van der Waals surface area contributed by atoms with E-state index >= 15 is 0 Å². The van der Waals surface area contributed by atoms with Gasteiger partial charge in [0.25, 0.3) is 0 Å². The standard InChI is InChI=1S/C27H31NO2S/c1-27(2,3)30-26(29)28-16-14-20(15-17-28)19-31-25-11-7-10-23-18-22(12-13-24(23)25)21-8-5-4-6-9-21/h4-13,18,20H,14-17,19H2,1-3H3. The first kappa shape index (κ1) is 21.8. The average Bonchev–Trinajstić information content (AvgIpc) is 2.77. The lowest BCUT2D eigenvalue weighted by molar-refractivity contribution is 0.0191. The van der Waals surface area contributed by atoms with E-state index < -0.39 is 5.60 Å². The maximum Gasteiger partial charge on any atom is 0.410 e. The third kappa shape index (κ3) is 5.62. The van der Waals surface area contributed by atoms with Crippen molar-refractivity contribution in [3.8, 4) is 11.1 Å². The number of thioether (sulfide) groups is 1. The van der Waals surface area contributed by atoms with Gasteiger partial charge in [-0.15, -0.1) is 11.8 Å². The van der Waals surface area contributed by atoms with Crippen LogP contribution in [0.4, 0.5) is 4.79 Å². The lowest BCUT2D eigenvalue weighted by Gasteiger charge is -2.33. The lowest BCUT2D eigenvalue weighted by Crippen LogP contribution is -2.42. The number of carbonyl (C=O) groups is 1. The predicted octanol–water partition coefficient (Wildman–Crippen LogP) is 7.25. The summed E-state index contributed by atoms with van der Waals surface area (Å²) in [5, 5.41) is 2.60. The molecule has 4 heteroatoms. The molecule has 0 spiro atoms. The Morgan fingerprint density at radius 3 is 2.42 bits per heavy atom. The number of benzene rings is 3. The fourth-order valence-corrected chi connectivity index (χ4v) is 5.27. The number of piperidine rings is 1. The maximum absolute atomic E-state index is 12.3. The summed E-state index contributed by atoms with van der Waals surface area (Å²) in [6.45, 7) is 7.33. The zero-order valence-corrected chi connectivity index (χ0v) is 19.5. The number of amides is 1. The Balaban J connectivity index is 1.37. The van der Waals surface area contributed by atoms with Gasteiger partial charge in [-0.05, 0) is 73.6 Å². The summed E-state index contributed by atoms with van der Waals surface area (Å²) in [5.74, 6) is 1.71. The topological polar surface area (TPSA) is 29.5 Å². The van der Waals surface area contributed by atoms with Crippen LogP contribution in [0.5, 0.6) is 0 Å². The van der Waals surface area contributed by atoms with E-state index in [1.165, 1.54) is 26.8 Å². The summed E-state index contributed by atoms with van der Waals surface area (Å²) in [6, 6.07) is 23.9. The van der Waals surface area contributed by atoms with E-state index in [4.69, 9.17) is 4.74 Å². The first-order valence-electron chi connectivity index (χ1n) is 11.1. The van der Waals surface area contributed by atoms with Crippen LogP contribution in [0.2, 0.25) is 0 Å². The van der Waals surface area contributed by atoms with Crippen molar-refractivity contribution in [3.05, 3.63) is 66.7 Å². The molecule has 3 nitrogen and oxygen atoms in total. The van der Waals surface area contributed by atoms with Crippen LogP contribution in [-0.4, -0.2) is 35.4 Å². The van der Waals surface area contributed by atoms with Crippen molar-refractivity contribution >= 4 is 28.6 Å². The minimum Gasteiger partial charge on any atom is -0.444 e. The molecule has 162 valence electrons. The molecule has 1 saturated heterocycles. The van der Waals surface area contributed by atoms with Crippen LogP contribution >= 0.6 is 11.8 Å². The van der Waals surface area contributed by atoms with Crippen molar-refractivity contribution in [2.75, 3.05) is 18.8 Å². The van der Waals surface area contributed by atoms with Gasteiger partial charge in [0, 0.05) is 23.7 Å². The molecule has 0 N–H and O–H groups in total. The smallest absolute Gasteiger partial charge is 0.410 e. The molecule has 3 aromatic rings. The monoisotopic (exact) mass is 433 g/mol. The number of hydrogen-bond acceptors (Lipinski definition) is 3. The summed E-state index contributed by atoms with van der Waals surface area (Å²) in [6.07, 6.45) is 1.89. The molecule has 0 unspecified atom stereocenters. The van der Waals surface area contributed by atoms with Crippen LogP contribution in [0.3, 0.4) is 0 Å². The number of ether oxygens (including phenoxy) is 1. The molecule has 0 atom stereocenters. The van der Waals surface area contributed by atoms with Gasteiger partial charge in [0.15, 0.2) is 0 Å². The Morgan fingerprint density at radius 2 is 1.71 bits per heavy atom. The van der Waals surface area contributed by atoms with Gasteiger partial charge in [-0.1, -0.05) is 54.6 Å². The van der Waals surface area contributed by atoms with E-state index in [9.17, 15) is 4.79 Å². The first-order chi connectivity index (χ1) is 14.9. The largest absolute Gasteiger partial charge is 0.444 e. The van der Waals surface area contributed by atoms with Crippen molar-refractivity contribution in [1.29, 1.82) is 0 Å². The number of rotatable bonds is 4. The number of fused-ring (bicyclic) bond motifs is 1. The van der Waals surface area contributed by atoms with E-state index in [1.807, 2.05) is 37.4 Å². The van der Waals surface area contributed by atoms with Crippen molar-refractivity contribution in [2.24, 2.45) is 5.92 Å². The fourth-order valence-electron chi connectivity index (χ4n) is 4.01. The summed E-state index contributed by atoms with van der Waals surface area (Å²) >= 11 is 1.94. The SMILES string of the molecule is CC(C)(C)OC(=O)N1CCC(CSc2cccc3cc(-c4ccccc4)ccc23)CC1. The van der Waals surface area contributed by atoms with Gasteiger partial charge in [0.2, 0.25) is 0 Å². The molecule has 0 aromatic heterocycles. The molecule has 1 fully saturated rings. The highest BCUT2D eigenvalue weighted by Crippen LogP contribution is 2.34. The van der Waals surface area contributed by atoms with Gasteiger partial charge < -0.3 is 9.64 Å². The normalized spacial score (nSPS) is 15.3. The minimum atomic E-state index is -0.432. The van der Waals surface area contributed by atoms with Crippen LogP contribution in [-0.2, 0) is 4.74 Å². The van der Waals surface area contributed by atoms with Crippen LogP contribution < -0.4 is 0 Å². The van der Waals surface area contributed by atoms with E-state index in [0.29, 0.717) is 5.92 Å². The van der Waals surface area contributed by atoms with Gasteiger partial charge in [-0.2, -0.15) is 0 Å². The molecule has 1 heterocycles. The highest BCUT2D eigenvalue weighted by atomic mass is 32.2. The van der Waals surface area contributed by atoms with Crippen molar-refractivity contribution in [3.63, 3.8) is 0 Å². The highest BCUT2D eigenvalue weighted by molar-refractivity contribution is 7.99. The Hall–Kier alpha value is -2.46. The second kappa shape index (κ2) is 9.35. The van der Waals surface area contributed by atoms with Gasteiger partial charge in [-0.25, -0.2) is 4.79 Å². The van der Waals surface area contributed by atoms with Crippen LogP contribution in [0.15, 0.2) is 71.6 Å². The van der Waals surface area contributed by atoms with Crippen LogP contribution in [0, 0.1) is 5.92 Å². The quantitative estimate of drug-likeness (QED) is 0.406. The molecule has 0 saturated carbocycles. The summed E-state index contributed by atoms with van der Waals surface area (Å²) in [5.41, 5.74) is 2.07. The van der Waals surface area contributed by atoms with Crippen LogP contribution in [0.25, 0.3) is 21.9 Å². The van der Waals surface area contributed by atoms with E-state index in [2.05, 4.69) is 66.7 Å². The van der Waals surface area contributed by atoms with E-state index in [0.717, 1.165) is 31.7 Å².